The van der Waals surface area contributed by atoms with E-state index in [2.05, 4.69) is 25.9 Å². The van der Waals surface area contributed by atoms with Crippen molar-refractivity contribution in [3.8, 4) is 23.4 Å². The van der Waals surface area contributed by atoms with Gasteiger partial charge in [0.1, 0.15) is 0 Å². The van der Waals surface area contributed by atoms with Gasteiger partial charge in [0, 0.05) is 0 Å². The number of benzene rings is 2. The van der Waals surface area contributed by atoms with E-state index in [1.54, 1.807) is 12.1 Å². The van der Waals surface area contributed by atoms with Crippen LogP contribution in [0.4, 0.5) is 0 Å². The predicted molar refractivity (Wildman–Crippen MR) is 82.0 cm³/mol. The molecule has 0 bridgehead atoms. The number of phenols is 1. The van der Waals surface area contributed by atoms with Crippen molar-refractivity contribution >= 4 is 26.7 Å². The molecule has 0 amide bonds. The normalized spacial score (nSPS) is 10.6. The third-order valence-corrected chi connectivity index (χ3v) is 3.46. The van der Waals surface area contributed by atoms with E-state index in [-0.39, 0.29) is 17.5 Å². The van der Waals surface area contributed by atoms with Crippen molar-refractivity contribution in [2.24, 2.45) is 0 Å². The van der Waals surface area contributed by atoms with E-state index < -0.39 is 0 Å². The van der Waals surface area contributed by atoms with Gasteiger partial charge in [-0.2, -0.15) is 4.98 Å². The first-order valence-corrected chi connectivity index (χ1v) is 6.93. The quantitative estimate of drug-likeness (QED) is 0.779. The van der Waals surface area contributed by atoms with Gasteiger partial charge in [-0.15, -0.1) is 0 Å². The van der Waals surface area contributed by atoms with Crippen LogP contribution in [0.1, 0.15) is 0 Å². The summed E-state index contributed by atoms with van der Waals surface area (Å²) >= 11 is 3.27. The molecule has 0 saturated heterocycles. The summed E-state index contributed by atoms with van der Waals surface area (Å²) in [5, 5.41) is 11.9. The van der Waals surface area contributed by atoms with E-state index in [9.17, 15) is 5.11 Å². The molecule has 1 N–H and O–H groups in total. The molecule has 3 aromatic rings. The van der Waals surface area contributed by atoms with Gasteiger partial charge in [0.05, 0.1) is 17.8 Å². The van der Waals surface area contributed by atoms with Gasteiger partial charge >= 0.3 is 6.01 Å². The maximum Gasteiger partial charge on any atom is 0.325 e. The number of hydrogen-bond donors (Lipinski definition) is 1. The average Bonchev–Trinajstić information content (AvgIpc) is 2.50. The third kappa shape index (κ3) is 2.75. The maximum atomic E-state index is 10.0. The molecular formula is C15H11BrN2O3. The summed E-state index contributed by atoms with van der Waals surface area (Å²) in [6.45, 7) is 0. The molecule has 1 aromatic heterocycles. The number of ether oxygens (including phenoxy) is 2. The fourth-order valence-corrected chi connectivity index (χ4v) is 2.27. The molecule has 0 atom stereocenters. The van der Waals surface area contributed by atoms with E-state index in [4.69, 9.17) is 9.47 Å². The summed E-state index contributed by atoms with van der Waals surface area (Å²) in [6, 6.07) is 11.2. The Morgan fingerprint density at radius 3 is 2.57 bits per heavy atom. The van der Waals surface area contributed by atoms with Crippen molar-refractivity contribution < 1.29 is 14.6 Å². The van der Waals surface area contributed by atoms with Gasteiger partial charge in [0.25, 0.3) is 0 Å². The second-order valence-corrected chi connectivity index (χ2v) is 5.13. The lowest BCUT2D eigenvalue weighted by atomic mass is 10.1. The van der Waals surface area contributed by atoms with Crippen LogP contribution >= 0.6 is 15.9 Å². The Labute approximate surface area is 129 Å². The molecule has 5 nitrogen and oxygen atoms in total. The van der Waals surface area contributed by atoms with Crippen molar-refractivity contribution in [1.82, 2.24) is 9.97 Å². The predicted octanol–water partition coefficient (Wildman–Crippen LogP) is 3.90. The maximum absolute atomic E-state index is 10.0. The lowest BCUT2D eigenvalue weighted by molar-refractivity contribution is 0.363. The smallest absolute Gasteiger partial charge is 0.325 e. The second-order valence-electron chi connectivity index (χ2n) is 4.28. The molecule has 0 spiro atoms. The molecule has 106 valence electrons. The number of halogens is 1. The standard InChI is InChI=1S/C15H11BrN2O3/c1-20-14-11(16)8-17-15(18-14)21-13-7-10-5-3-2-4-9(10)6-12(13)19/h2-8,19H,1H3. The van der Waals surface area contributed by atoms with Crippen molar-refractivity contribution in [1.29, 1.82) is 0 Å². The zero-order valence-electron chi connectivity index (χ0n) is 11.1. The summed E-state index contributed by atoms with van der Waals surface area (Å²) in [7, 11) is 1.50. The number of nitrogens with zero attached hydrogens (tertiary/aromatic N) is 2. The van der Waals surface area contributed by atoms with Crippen LogP contribution in [0.5, 0.6) is 23.4 Å². The monoisotopic (exact) mass is 346 g/mol. The number of methoxy groups -OCH3 is 1. The minimum absolute atomic E-state index is 0.0270. The first-order valence-electron chi connectivity index (χ1n) is 6.13. The molecule has 6 heteroatoms. The van der Waals surface area contributed by atoms with Crippen LogP contribution in [0.25, 0.3) is 10.8 Å². The second kappa shape index (κ2) is 5.57. The number of fused-ring (bicyclic) bond motifs is 1. The number of aromatic nitrogens is 2. The summed E-state index contributed by atoms with van der Waals surface area (Å²) in [5.41, 5.74) is 0. The molecule has 21 heavy (non-hydrogen) atoms. The van der Waals surface area contributed by atoms with Gasteiger partial charge in [-0.25, -0.2) is 4.98 Å². The molecule has 0 radical (unpaired) electrons. The Balaban J connectivity index is 1.99. The van der Waals surface area contributed by atoms with E-state index in [1.807, 2.05) is 24.3 Å². The summed E-state index contributed by atoms with van der Waals surface area (Å²) < 4.78 is 11.3. The van der Waals surface area contributed by atoms with E-state index in [1.165, 1.54) is 13.3 Å². The van der Waals surface area contributed by atoms with Crippen molar-refractivity contribution in [2.75, 3.05) is 7.11 Å². The Morgan fingerprint density at radius 2 is 1.86 bits per heavy atom. The minimum Gasteiger partial charge on any atom is -0.504 e. The lowest BCUT2D eigenvalue weighted by Gasteiger charge is -2.09. The number of rotatable bonds is 3. The van der Waals surface area contributed by atoms with Crippen LogP contribution in [0.15, 0.2) is 47.1 Å². The highest BCUT2D eigenvalue weighted by molar-refractivity contribution is 9.10. The summed E-state index contributed by atoms with van der Waals surface area (Å²) in [6.07, 6.45) is 1.53. The van der Waals surface area contributed by atoms with Crippen molar-refractivity contribution in [3.63, 3.8) is 0 Å². The Hall–Kier alpha value is -2.34. The topological polar surface area (TPSA) is 64.5 Å². The average molecular weight is 347 g/mol. The van der Waals surface area contributed by atoms with Gasteiger partial charge in [0.2, 0.25) is 5.88 Å². The highest BCUT2D eigenvalue weighted by Crippen LogP contribution is 2.34. The summed E-state index contributed by atoms with van der Waals surface area (Å²) in [5.74, 6) is 0.678. The van der Waals surface area contributed by atoms with E-state index in [0.717, 1.165) is 10.8 Å². The van der Waals surface area contributed by atoms with Crippen LogP contribution in [0, 0.1) is 0 Å². The first kappa shape index (κ1) is 13.6. The fraction of sp³-hybridized carbons (Fsp3) is 0.0667. The Kier molecular flexibility index (Phi) is 3.62. The van der Waals surface area contributed by atoms with Crippen LogP contribution in [0.3, 0.4) is 0 Å². The zero-order valence-corrected chi connectivity index (χ0v) is 12.7. The number of hydrogen-bond acceptors (Lipinski definition) is 5. The van der Waals surface area contributed by atoms with Gasteiger partial charge in [-0.3, -0.25) is 0 Å². The van der Waals surface area contributed by atoms with Crippen LogP contribution in [-0.2, 0) is 0 Å². The van der Waals surface area contributed by atoms with Crippen LogP contribution < -0.4 is 9.47 Å². The van der Waals surface area contributed by atoms with E-state index in [0.29, 0.717) is 10.4 Å². The largest absolute Gasteiger partial charge is 0.504 e. The Bertz CT molecular complexity index is 808. The number of aromatic hydroxyl groups is 1. The van der Waals surface area contributed by atoms with Crippen molar-refractivity contribution in [3.05, 3.63) is 47.1 Å². The molecule has 2 aromatic carbocycles. The van der Waals surface area contributed by atoms with Gasteiger partial charge in [-0.05, 0) is 38.8 Å². The molecule has 0 saturated carbocycles. The fourth-order valence-electron chi connectivity index (χ4n) is 1.92. The molecule has 0 aliphatic carbocycles. The van der Waals surface area contributed by atoms with Gasteiger partial charge in [0.15, 0.2) is 11.5 Å². The molecule has 0 fully saturated rings. The Morgan fingerprint density at radius 1 is 1.14 bits per heavy atom. The molecule has 0 aliphatic heterocycles. The lowest BCUT2D eigenvalue weighted by Crippen LogP contribution is -1.96. The van der Waals surface area contributed by atoms with Crippen LogP contribution in [-0.4, -0.2) is 22.2 Å². The minimum atomic E-state index is 0.0270. The zero-order chi connectivity index (χ0) is 14.8. The third-order valence-electron chi connectivity index (χ3n) is 2.91. The first-order chi connectivity index (χ1) is 10.2. The SMILES string of the molecule is COc1nc(Oc2cc3ccccc3cc2O)ncc1Br. The molecule has 3 rings (SSSR count). The van der Waals surface area contributed by atoms with Crippen molar-refractivity contribution in [2.45, 2.75) is 0 Å². The molecular weight excluding hydrogens is 336 g/mol. The molecule has 1 heterocycles. The highest BCUT2D eigenvalue weighted by atomic mass is 79.9. The number of phenolic OH excluding ortho intramolecular Hbond substituents is 1. The van der Waals surface area contributed by atoms with Gasteiger partial charge < -0.3 is 14.6 Å². The molecule has 0 unspecified atom stereocenters. The van der Waals surface area contributed by atoms with Gasteiger partial charge in [-0.1, -0.05) is 24.3 Å². The van der Waals surface area contributed by atoms with E-state index >= 15 is 0 Å². The molecule has 0 aliphatic rings. The summed E-state index contributed by atoms with van der Waals surface area (Å²) in [4.78, 5) is 8.13. The highest BCUT2D eigenvalue weighted by Gasteiger charge is 2.10. The van der Waals surface area contributed by atoms with Crippen LogP contribution in [0.2, 0.25) is 0 Å².